The second-order valence-corrected chi connectivity index (χ2v) is 7.32. The average molecular weight is 338 g/mol. The van der Waals surface area contributed by atoms with E-state index in [4.69, 9.17) is 23.2 Å². The molecule has 20 heavy (non-hydrogen) atoms. The molecule has 0 unspecified atom stereocenters. The summed E-state index contributed by atoms with van der Waals surface area (Å²) in [5.41, 5.74) is 0.319. The fourth-order valence-electron chi connectivity index (χ4n) is 1.98. The highest BCUT2D eigenvalue weighted by Gasteiger charge is 2.16. The summed E-state index contributed by atoms with van der Waals surface area (Å²) in [5.74, 6) is 0.0375. The number of benzene rings is 1. The number of hydrogen-bond acceptors (Lipinski definition) is 4. The Morgan fingerprint density at radius 1 is 1.25 bits per heavy atom. The van der Waals surface area contributed by atoms with Crippen molar-refractivity contribution in [3.05, 3.63) is 28.2 Å². The van der Waals surface area contributed by atoms with E-state index in [1.165, 1.54) is 6.07 Å². The van der Waals surface area contributed by atoms with E-state index in [9.17, 15) is 8.42 Å². The second-order valence-electron chi connectivity index (χ2n) is 4.64. The van der Waals surface area contributed by atoms with Gasteiger partial charge in [0.15, 0.2) is 0 Å². The van der Waals surface area contributed by atoms with Gasteiger partial charge in [-0.1, -0.05) is 23.2 Å². The van der Waals surface area contributed by atoms with Crippen LogP contribution < -0.4 is 10.0 Å². The van der Waals surface area contributed by atoms with Gasteiger partial charge >= 0.3 is 0 Å². The topological polar surface area (TPSA) is 61.4 Å². The molecular weight excluding hydrogens is 321 g/mol. The first-order valence-corrected chi connectivity index (χ1v) is 8.76. The molecule has 1 heterocycles. The van der Waals surface area contributed by atoms with Crippen LogP contribution in [-0.4, -0.2) is 51.8 Å². The Bertz CT molecular complexity index is 560. The summed E-state index contributed by atoms with van der Waals surface area (Å²) in [6.07, 6.45) is 0. The van der Waals surface area contributed by atoms with Crippen molar-refractivity contribution in [2.45, 2.75) is 0 Å². The molecule has 1 aromatic rings. The maximum Gasteiger partial charge on any atom is 0.234 e. The highest BCUT2D eigenvalue weighted by atomic mass is 35.5. The van der Waals surface area contributed by atoms with E-state index in [1.54, 1.807) is 12.1 Å². The molecule has 8 heteroatoms. The van der Waals surface area contributed by atoms with E-state index in [0.29, 0.717) is 22.3 Å². The maximum atomic E-state index is 12.1. The number of nitrogens with zero attached hydrogens (tertiary/aromatic N) is 1. The fraction of sp³-hybridized carbons (Fsp3) is 0.500. The summed E-state index contributed by atoms with van der Waals surface area (Å²) in [7, 11) is -3.43. The Labute approximate surface area is 129 Å². The van der Waals surface area contributed by atoms with Crippen LogP contribution in [0.15, 0.2) is 18.2 Å². The lowest BCUT2D eigenvalue weighted by Crippen LogP contribution is -2.45. The second kappa shape index (κ2) is 6.95. The SMILES string of the molecule is O=S(=O)(CCN1CCNCC1)Nc1cc(Cl)ccc1Cl. The molecule has 0 saturated carbocycles. The predicted molar refractivity (Wildman–Crippen MR) is 83.2 cm³/mol. The molecule has 1 saturated heterocycles. The van der Waals surface area contributed by atoms with Crippen molar-refractivity contribution in [1.29, 1.82) is 0 Å². The van der Waals surface area contributed by atoms with Gasteiger partial charge in [0.2, 0.25) is 10.0 Å². The molecule has 2 rings (SSSR count). The minimum atomic E-state index is -3.43. The third-order valence-electron chi connectivity index (χ3n) is 3.08. The largest absolute Gasteiger partial charge is 0.314 e. The normalized spacial score (nSPS) is 17.1. The summed E-state index contributed by atoms with van der Waals surface area (Å²) in [6.45, 7) is 4.04. The highest BCUT2D eigenvalue weighted by Crippen LogP contribution is 2.26. The van der Waals surface area contributed by atoms with E-state index in [-0.39, 0.29) is 5.75 Å². The molecule has 0 aliphatic carbocycles. The number of hydrogen-bond donors (Lipinski definition) is 2. The van der Waals surface area contributed by atoms with Crippen LogP contribution in [0.4, 0.5) is 5.69 Å². The Kier molecular flexibility index (Phi) is 5.51. The van der Waals surface area contributed by atoms with Crippen molar-refractivity contribution >= 4 is 38.9 Å². The molecule has 1 aliphatic rings. The minimum absolute atomic E-state index is 0.0375. The molecule has 2 N–H and O–H groups in total. The van der Waals surface area contributed by atoms with Gasteiger partial charge in [0.05, 0.1) is 16.5 Å². The van der Waals surface area contributed by atoms with Gasteiger partial charge in [0.25, 0.3) is 0 Å². The lowest BCUT2D eigenvalue weighted by molar-refractivity contribution is 0.254. The van der Waals surface area contributed by atoms with Crippen molar-refractivity contribution in [2.24, 2.45) is 0 Å². The molecule has 5 nitrogen and oxygen atoms in total. The zero-order valence-corrected chi connectivity index (χ0v) is 13.2. The molecule has 1 aliphatic heterocycles. The Morgan fingerprint density at radius 3 is 2.65 bits per heavy atom. The highest BCUT2D eigenvalue weighted by molar-refractivity contribution is 7.92. The van der Waals surface area contributed by atoms with Gasteiger partial charge in [-0.2, -0.15) is 0 Å². The van der Waals surface area contributed by atoms with Gasteiger partial charge in [-0.15, -0.1) is 0 Å². The molecule has 1 aromatic carbocycles. The van der Waals surface area contributed by atoms with Gasteiger partial charge in [0, 0.05) is 37.7 Å². The molecule has 0 atom stereocenters. The van der Waals surface area contributed by atoms with Crippen molar-refractivity contribution in [3.8, 4) is 0 Å². The van der Waals surface area contributed by atoms with Crippen molar-refractivity contribution in [1.82, 2.24) is 10.2 Å². The summed E-state index contributed by atoms with van der Waals surface area (Å²) < 4.78 is 26.6. The summed E-state index contributed by atoms with van der Waals surface area (Å²) in [5, 5.41) is 4.00. The number of anilines is 1. The first-order chi connectivity index (χ1) is 9.46. The van der Waals surface area contributed by atoms with Crippen LogP contribution in [-0.2, 0) is 10.0 Å². The molecule has 112 valence electrons. The van der Waals surface area contributed by atoms with Gasteiger partial charge in [-0.3, -0.25) is 9.62 Å². The Balaban J connectivity index is 1.94. The van der Waals surface area contributed by atoms with Crippen LogP contribution in [0.1, 0.15) is 0 Å². The summed E-state index contributed by atoms with van der Waals surface area (Å²) in [4.78, 5) is 2.12. The third-order valence-corrected chi connectivity index (χ3v) is 4.90. The Morgan fingerprint density at radius 2 is 1.95 bits per heavy atom. The molecule has 0 spiro atoms. The molecule has 0 aromatic heterocycles. The molecule has 0 bridgehead atoms. The zero-order valence-electron chi connectivity index (χ0n) is 10.9. The van der Waals surface area contributed by atoms with Crippen molar-refractivity contribution < 1.29 is 8.42 Å². The molecule has 0 radical (unpaired) electrons. The van der Waals surface area contributed by atoms with E-state index in [0.717, 1.165) is 26.2 Å². The summed E-state index contributed by atoms with van der Waals surface area (Å²) >= 11 is 11.8. The Hall–Kier alpha value is -0.530. The van der Waals surface area contributed by atoms with Crippen LogP contribution in [0.3, 0.4) is 0 Å². The van der Waals surface area contributed by atoms with E-state index in [1.807, 2.05) is 0 Å². The average Bonchev–Trinajstić information content (AvgIpc) is 2.42. The molecule has 0 amide bonds. The van der Waals surface area contributed by atoms with Gasteiger partial charge < -0.3 is 5.32 Å². The quantitative estimate of drug-likeness (QED) is 0.857. The van der Waals surface area contributed by atoms with Crippen LogP contribution in [0.25, 0.3) is 0 Å². The number of sulfonamides is 1. The van der Waals surface area contributed by atoms with Crippen molar-refractivity contribution in [2.75, 3.05) is 43.2 Å². The van der Waals surface area contributed by atoms with Crippen LogP contribution >= 0.6 is 23.2 Å². The number of halogens is 2. The lowest BCUT2D eigenvalue weighted by atomic mass is 10.3. The van der Waals surface area contributed by atoms with E-state index < -0.39 is 10.0 Å². The van der Waals surface area contributed by atoms with Gasteiger partial charge in [0.1, 0.15) is 0 Å². The predicted octanol–water partition coefficient (Wildman–Crippen LogP) is 1.64. The van der Waals surface area contributed by atoms with E-state index in [2.05, 4.69) is 14.9 Å². The first-order valence-electron chi connectivity index (χ1n) is 6.35. The van der Waals surface area contributed by atoms with Gasteiger partial charge in [-0.25, -0.2) is 8.42 Å². The monoisotopic (exact) mass is 337 g/mol. The number of rotatable bonds is 5. The minimum Gasteiger partial charge on any atom is -0.314 e. The zero-order chi connectivity index (χ0) is 14.6. The summed E-state index contributed by atoms with van der Waals surface area (Å²) in [6, 6.07) is 4.69. The fourth-order valence-corrected chi connectivity index (χ4v) is 3.48. The third kappa shape index (κ3) is 4.79. The smallest absolute Gasteiger partial charge is 0.234 e. The molecule has 1 fully saturated rings. The van der Waals surface area contributed by atoms with Crippen LogP contribution in [0.2, 0.25) is 10.0 Å². The standard InChI is InChI=1S/C12H17Cl2N3O2S/c13-10-1-2-11(14)12(9-10)16-20(18,19)8-7-17-5-3-15-4-6-17/h1-2,9,15-16H,3-8H2. The van der Waals surface area contributed by atoms with Gasteiger partial charge in [-0.05, 0) is 18.2 Å². The maximum absolute atomic E-state index is 12.1. The number of piperazine rings is 1. The lowest BCUT2D eigenvalue weighted by Gasteiger charge is -2.26. The van der Waals surface area contributed by atoms with Crippen molar-refractivity contribution in [3.63, 3.8) is 0 Å². The van der Waals surface area contributed by atoms with Crippen LogP contribution in [0, 0.1) is 0 Å². The number of nitrogens with one attached hydrogen (secondary N) is 2. The van der Waals surface area contributed by atoms with Crippen LogP contribution in [0.5, 0.6) is 0 Å². The molecular formula is C12H17Cl2N3O2S. The van der Waals surface area contributed by atoms with E-state index >= 15 is 0 Å². The first kappa shape index (κ1) is 15.9.